The molecule has 27 heavy (non-hydrogen) atoms. The van der Waals surface area contributed by atoms with Gasteiger partial charge in [0.1, 0.15) is 0 Å². The van der Waals surface area contributed by atoms with Gasteiger partial charge in [-0.2, -0.15) is 0 Å². The standard InChI is InChI=1S/C19H23NO6S/c21-18(20-12-6-7-13(20)11-26-10-12)16-8-15(9-17(16)19(22)23)27(24,25)14-4-2-1-3-5-14/h1-5,12-13,15-17H,6-11H2,(H,22,23)/t12-,13+,15-,16-,17-/m1/s1. The van der Waals surface area contributed by atoms with Crippen molar-refractivity contribution in [2.45, 2.75) is 47.9 Å². The van der Waals surface area contributed by atoms with Crippen molar-refractivity contribution in [3.8, 4) is 0 Å². The highest BCUT2D eigenvalue weighted by molar-refractivity contribution is 7.92. The van der Waals surface area contributed by atoms with E-state index in [2.05, 4.69) is 0 Å². The van der Waals surface area contributed by atoms with Gasteiger partial charge in [-0.05, 0) is 37.8 Å². The van der Waals surface area contributed by atoms with Crippen molar-refractivity contribution in [2.75, 3.05) is 13.2 Å². The van der Waals surface area contributed by atoms with E-state index in [1.807, 2.05) is 0 Å². The molecule has 1 N–H and O–H groups in total. The lowest BCUT2D eigenvalue weighted by Gasteiger charge is -2.37. The number of ether oxygens (including phenoxy) is 1. The smallest absolute Gasteiger partial charge is 0.307 e. The van der Waals surface area contributed by atoms with Crippen molar-refractivity contribution in [3.63, 3.8) is 0 Å². The molecule has 7 nitrogen and oxygen atoms in total. The second kappa shape index (κ2) is 6.91. The topological polar surface area (TPSA) is 101 Å². The van der Waals surface area contributed by atoms with Crippen molar-refractivity contribution in [3.05, 3.63) is 30.3 Å². The van der Waals surface area contributed by atoms with Gasteiger partial charge in [-0.15, -0.1) is 0 Å². The molecule has 146 valence electrons. The van der Waals surface area contributed by atoms with Gasteiger partial charge in [0.05, 0.1) is 47.3 Å². The summed E-state index contributed by atoms with van der Waals surface area (Å²) in [7, 11) is -3.67. The predicted octanol–water partition coefficient (Wildman–Crippen LogP) is 1.33. The van der Waals surface area contributed by atoms with Gasteiger partial charge in [-0.25, -0.2) is 8.42 Å². The molecule has 3 fully saturated rings. The van der Waals surface area contributed by atoms with E-state index in [9.17, 15) is 23.1 Å². The molecule has 1 amide bonds. The Hall–Kier alpha value is -1.93. The Balaban J connectivity index is 1.60. The zero-order valence-electron chi connectivity index (χ0n) is 14.9. The molecule has 2 heterocycles. The highest BCUT2D eigenvalue weighted by Gasteiger charge is 2.51. The van der Waals surface area contributed by atoms with Crippen LogP contribution in [0.25, 0.3) is 0 Å². The number of benzene rings is 1. The third kappa shape index (κ3) is 3.14. The van der Waals surface area contributed by atoms with Gasteiger partial charge in [-0.1, -0.05) is 18.2 Å². The van der Waals surface area contributed by atoms with Crippen LogP contribution in [0, 0.1) is 11.8 Å². The summed E-state index contributed by atoms with van der Waals surface area (Å²) >= 11 is 0. The van der Waals surface area contributed by atoms with Crippen molar-refractivity contribution in [2.24, 2.45) is 11.8 Å². The molecule has 3 aliphatic rings. The van der Waals surface area contributed by atoms with Crippen LogP contribution in [0.3, 0.4) is 0 Å². The maximum atomic E-state index is 13.2. The Morgan fingerprint density at radius 1 is 1.00 bits per heavy atom. The minimum atomic E-state index is -3.67. The predicted molar refractivity (Wildman–Crippen MR) is 95.7 cm³/mol. The number of carboxylic acids is 1. The van der Waals surface area contributed by atoms with Crippen LogP contribution in [0.15, 0.2) is 35.2 Å². The molecule has 1 aromatic carbocycles. The Kier molecular flexibility index (Phi) is 4.71. The summed E-state index contributed by atoms with van der Waals surface area (Å²) in [5.74, 6) is -3.08. The maximum absolute atomic E-state index is 13.2. The summed E-state index contributed by atoms with van der Waals surface area (Å²) < 4.78 is 31.4. The average Bonchev–Trinajstić information content (AvgIpc) is 3.22. The number of morpholine rings is 1. The number of aliphatic carboxylic acids is 1. The van der Waals surface area contributed by atoms with Crippen molar-refractivity contribution in [1.82, 2.24) is 4.90 Å². The van der Waals surface area contributed by atoms with Gasteiger partial charge < -0.3 is 14.7 Å². The minimum Gasteiger partial charge on any atom is -0.481 e. The molecule has 2 aliphatic heterocycles. The lowest BCUT2D eigenvalue weighted by Crippen LogP contribution is -2.52. The summed E-state index contributed by atoms with van der Waals surface area (Å²) in [6, 6.07) is 8.01. The number of amides is 1. The summed E-state index contributed by atoms with van der Waals surface area (Å²) in [4.78, 5) is 27.0. The van der Waals surface area contributed by atoms with E-state index in [4.69, 9.17) is 4.74 Å². The van der Waals surface area contributed by atoms with Crippen LogP contribution < -0.4 is 0 Å². The molecule has 1 saturated carbocycles. The molecular weight excluding hydrogens is 370 g/mol. The van der Waals surface area contributed by atoms with Gasteiger partial charge >= 0.3 is 5.97 Å². The normalized spacial score (nSPS) is 33.2. The lowest BCUT2D eigenvalue weighted by atomic mass is 9.94. The van der Waals surface area contributed by atoms with E-state index in [-0.39, 0.29) is 35.7 Å². The molecule has 2 bridgehead atoms. The van der Waals surface area contributed by atoms with Gasteiger partial charge in [-0.3, -0.25) is 9.59 Å². The molecule has 2 saturated heterocycles. The van der Waals surface area contributed by atoms with Crippen molar-refractivity contribution >= 4 is 21.7 Å². The Labute approximate surface area is 158 Å². The van der Waals surface area contributed by atoms with Gasteiger partial charge in [0.2, 0.25) is 5.91 Å². The summed E-state index contributed by atoms with van der Waals surface area (Å²) in [6.07, 6.45) is 1.74. The van der Waals surface area contributed by atoms with Crippen LogP contribution in [0.4, 0.5) is 0 Å². The fourth-order valence-electron chi connectivity index (χ4n) is 4.77. The first-order chi connectivity index (χ1) is 12.9. The second-order valence-corrected chi connectivity index (χ2v) is 9.90. The summed E-state index contributed by atoms with van der Waals surface area (Å²) in [5.41, 5.74) is 0. The van der Waals surface area contributed by atoms with Crippen LogP contribution in [0.2, 0.25) is 0 Å². The van der Waals surface area contributed by atoms with Gasteiger partial charge in [0.15, 0.2) is 9.84 Å². The lowest BCUT2D eigenvalue weighted by molar-refractivity contribution is -0.153. The van der Waals surface area contributed by atoms with Crippen LogP contribution in [-0.4, -0.2) is 60.8 Å². The fraction of sp³-hybridized carbons (Fsp3) is 0.579. The van der Waals surface area contributed by atoms with Crippen molar-refractivity contribution < 1.29 is 27.9 Å². The van der Waals surface area contributed by atoms with E-state index in [0.717, 1.165) is 12.8 Å². The number of hydrogen-bond donors (Lipinski definition) is 1. The highest BCUT2D eigenvalue weighted by Crippen LogP contribution is 2.41. The average molecular weight is 393 g/mol. The zero-order chi connectivity index (χ0) is 19.2. The monoisotopic (exact) mass is 393 g/mol. The first kappa shape index (κ1) is 18.4. The third-order valence-electron chi connectivity index (χ3n) is 6.16. The van der Waals surface area contributed by atoms with Crippen LogP contribution in [-0.2, 0) is 24.2 Å². The highest BCUT2D eigenvalue weighted by atomic mass is 32.2. The second-order valence-electron chi connectivity index (χ2n) is 7.67. The van der Waals surface area contributed by atoms with E-state index in [0.29, 0.717) is 13.2 Å². The first-order valence-electron chi connectivity index (χ1n) is 9.31. The SMILES string of the molecule is O=C(O)[C@@H]1C[C@H](S(=O)(=O)c2ccccc2)C[C@H]1C(=O)N1[C@@H]2CC[C@H]1COC2. The minimum absolute atomic E-state index is 0.0181. The summed E-state index contributed by atoms with van der Waals surface area (Å²) in [6.45, 7) is 0.941. The van der Waals surface area contributed by atoms with Crippen molar-refractivity contribution in [1.29, 1.82) is 0 Å². The van der Waals surface area contributed by atoms with Crippen LogP contribution >= 0.6 is 0 Å². The molecular formula is C19H23NO6S. The van der Waals surface area contributed by atoms with Gasteiger partial charge in [0.25, 0.3) is 0 Å². The fourth-order valence-corrected chi connectivity index (χ4v) is 6.62. The number of carbonyl (C=O) groups is 2. The summed E-state index contributed by atoms with van der Waals surface area (Å²) in [5, 5.41) is 8.79. The number of hydrogen-bond acceptors (Lipinski definition) is 5. The van der Waals surface area contributed by atoms with Crippen LogP contribution in [0.1, 0.15) is 25.7 Å². The number of nitrogens with zero attached hydrogens (tertiary/aromatic N) is 1. The Morgan fingerprint density at radius 2 is 1.59 bits per heavy atom. The number of carbonyl (C=O) groups excluding carboxylic acids is 1. The van der Waals surface area contributed by atoms with E-state index in [1.54, 1.807) is 23.1 Å². The molecule has 0 radical (unpaired) electrons. The molecule has 8 heteroatoms. The zero-order valence-corrected chi connectivity index (χ0v) is 15.7. The molecule has 5 atom stereocenters. The number of carboxylic acid groups (broad SMARTS) is 1. The third-order valence-corrected chi connectivity index (χ3v) is 8.35. The maximum Gasteiger partial charge on any atom is 0.307 e. The molecule has 1 aliphatic carbocycles. The first-order valence-corrected chi connectivity index (χ1v) is 10.9. The molecule has 0 aromatic heterocycles. The molecule has 1 aromatic rings. The van der Waals surface area contributed by atoms with Crippen LogP contribution in [0.5, 0.6) is 0 Å². The quantitative estimate of drug-likeness (QED) is 0.828. The molecule has 0 spiro atoms. The largest absolute Gasteiger partial charge is 0.481 e. The van der Waals surface area contributed by atoms with Gasteiger partial charge in [0, 0.05) is 0 Å². The van der Waals surface area contributed by atoms with E-state index >= 15 is 0 Å². The number of rotatable bonds is 4. The number of sulfone groups is 1. The van der Waals surface area contributed by atoms with E-state index in [1.165, 1.54) is 12.1 Å². The Morgan fingerprint density at radius 3 is 2.19 bits per heavy atom. The number of fused-ring (bicyclic) bond motifs is 2. The molecule has 0 unspecified atom stereocenters. The Bertz CT molecular complexity index is 823. The molecule has 4 rings (SSSR count). The van der Waals surface area contributed by atoms with E-state index < -0.39 is 32.9 Å².